The summed E-state index contributed by atoms with van der Waals surface area (Å²) in [7, 11) is 0.349. The van der Waals surface area contributed by atoms with Gasteiger partial charge in [0.05, 0.1) is 4.90 Å². The number of carbonyl (C=O) groups is 1. The molecule has 2 aromatic carbocycles. The number of aryl methyl sites for hydroxylation is 1. The lowest BCUT2D eigenvalue weighted by Gasteiger charge is -2.13. The number of hydrogen-bond acceptors (Lipinski definition) is 4. The zero-order chi connectivity index (χ0) is 20.0. The van der Waals surface area contributed by atoms with E-state index in [-0.39, 0.29) is 10.8 Å². The first-order valence-electron chi connectivity index (χ1n) is 8.89. The molecular weight excluding hydrogens is 362 g/mol. The van der Waals surface area contributed by atoms with Gasteiger partial charge in [0.2, 0.25) is 15.9 Å². The van der Waals surface area contributed by atoms with Crippen molar-refractivity contribution in [2.45, 2.75) is 31.6 Å². The summed E-state index contributed by atoms with van der Waals surface area (Å²) in [6.07, 6.45) is 0.979. The van der Waals surface area contributed by atoms with Gasteiger partial charge in [-0.3, -0.25) is 4.79 Å². The molecule has 0 radical (unpaired) electrons. The molecule has 1 amide bonds. The van der Waals surface area contributed by atoms with Gasteiger partial charge < -0.3 is 10.2 Å². The van der Waals surface area contributed by atoms with E-state index in [1.54, 1.807) is 26.0 Å². The van der Waals surface area contributed by atoms with Crippen LogP contribution >= 0.6 is 0 Å². The summed E-state index contributed by atoms with van der Waals surface area (Å²) in [6, 6.07) is 12.8. The largest absolute Gasteiger partial charge is 0.378 e. The summed E-state index contributed by atoms with van der Waals surface area (Å²) in [5.41, 5.74) is 3.36. The Morgan fingerprint density at radius 1 is 1.07 bits per heavy atom. The number of hydrogen-bond donors (Lipinski definition) is 2. The molecule has 0 aliphatic rings. The van der Waals surface area contributed by atoms with Crippen molar-refractivity contribution in [3.63, 3.8) is 0 Å². The van der Waals surface area contributed by atoms with Gasteiger partial charge in [0, 0.05) is 38.4 Å². The normalized spacial score (nSPS) is 11.3. The molecule has 0 atom stereocenters. The van der Waals surface area contributed by atoms with Crippen molar-refractivity contribution in [3.05, 3.63) is 53.6 Å². The minimum Gasteiger partial charge on any atom is -0.378 e. The van der Waals surface area contributed by atoms with Crippen LogP contribution in [-0.2, 0) is 21.2 Å². The molecule has 0 bridgehead atoms. The van der Waals surface area contributed by atoms with Crippen LogP contribution in [0.2, 0.25) is 0 Å². The Morgan fingerprint density at radius 2 is 1.74 bits per heavy atom. The topological polar surface area (TPSA) is 78.5 Å². The van der Waals surface area contributed by atoms with E-state index < -0.39 is 10.0 Å². The van der Waals surface area contributed by atoms with Gasteiger partial charge in [-0.25, -0.2) is 13.1 Å². The Bertz CT molecular complexity index is 891. The summed E-state index contributed by atoms with van der Waals surface area (Å²) in [5.74, 6) is -0.108. The van der Waals surface area contributed by atoms with E-state index in [9.17, 15) is 13.2 Å². The number of benzene rings is 2. The lowest BCUT2D eigenvalue weighted by molar-refractivity contribution is -0.115. The van der Waals surface area contributed by atoms with E-state index in [1.165, 1.54) is 6.07 Å². The van der Waals surface area contributed by atoms with Crippen LogP contribution in [0.4, 0.5) is 11.4 Å². The molecule has 0 aromatic heterocycles. The molecule has 27 heavy (non-hydrogen) atoms. The van der Waals surface area contributed by atoms with Crippen molar-refractivity contribution in [3.8, 4) is 0 Å². The lowest BCUT2D eigenvalue weighted by atomic mass is 10.1. The van der Waals surface area contributed by atoms with E-state index in [0.29, 0.717) is 30.6 Å². The van der Waals surface area contributed by atoms with E-state index in [4.69, 9.17) is 0 Å². The number of anilines is 2. The van der Waals surface area contributed by atoms with Crippen LogP contribution in [0.25, 0.3) is 0 Å². The lowest BCUT2D eigenvalue weighted by Crippen LogP contribution is -2.26. The minimum absolute atomic E-state index is 0.108. The van der Waals surface area contributed by atoms with E-state index in [1.807, 2.05) is 43.3 Å². The van der Waals surface area contributed by atoms with Crippen molar-refractivity contribution in [2.24, 2.45) is 0 Å². The SMILES string of the molecule is CCC(=O)Nc1ccc(S(=O)(=O)NCCc2ccc(N(C)C)cc2)c(C)c1. The molecular formula is C20H27N3O3S. The molecule has 2 N–H and O–H groups in total. The van der Waals surface area contributed by atoms with Gasteiger partial charge in [0.25, 0.3) is 0 Å². The second-order valence-corrected chi connectivity index (χ2v) is 8.33. The average molecular weight is 390 g/mol. The number of rotatable bonds is 8. The van der Waals surface area contributed by atoms with Crippen LogP contribution in [0.3, 0.4) is 0 Å². The molecule has 7 heteroatoms. The highest BCUT2D eigenvalue weighted by Crippen LogP contribution is 2.20. The van der Waals surface area contributed by atoms with Crippen LogP contribution < -0.4 is 14.9 Å². The Kier molecular flexibility index (Phi) is 6.98. The fourth-order valence-electron chi connectivity index (χ4n) is 2.65. The molecule has 6 nitrogen and oxygen atoms in total. The first kappa shape index (κ1) is 20.9. The minimum atomic E-state index is -3.60. The molecule has 0 aliphatic carbocycles. The molecule has 0 spiro atoms. The first-order chi connectivity index (χ1) is 12.7. The Balaban J connectivity index is 2.00. The summed E-state index contributed by atoms with van der Waals surface area (Å²) < 4.78 is 27.8. The van der Waals surface area contributed by atoms with E-state index >= 15 is 0 Å². The third kappa shape index (κ3) is 5.80. The van der Waals surface area contributed by atoms with Crippen LogP contribution in [0.1, 0.15) is 24.5 Å². The maximum absolute atomic E-state index is 12.6. The van der Waals surface area contributed by atoms with Gasteiger partial charge in [-0.05, 0) is 54.8 Å². The maximum atomic E-state index is 12.6. The average Bonchev–Trinajstić information content (AvgIpc) is 2.61. The zero-order valence-corrected chi connectivity index (χ0v) is 17.1. The van der Waals surface area contributed by atoms with Crippen molar-refractivity contribution >= 4 is 27.3 Å². The molecule has 0 saturated carbocycles. The Hall–Kier alpha value is -2.38. The van der Waals surface area contributed by atoms with Gasteiger partial charge >= 0.3 is 0 Å². The van der Waals surface area contributed by atoms with Crippen LogP contribution in [0, 0.1) is 6.92 Å². The van der Waals surface area contributed by atoms with Crippen molar-refractivity contribution in [1.29, 1.82) is 0 Å². The number of nitrogens with one attached hydrogen (secondary N) is 2. The molecule has 0 unspecified atom stereocenters. The fraction of sp³-hybridized carbons (Fsp3) is 0.350. The summed E-state index contributed by atoms with van der Waals surface area (Å²) >= 11 is 0. The quantitative estimate of drug-likeness (QED) is 0.728. The van der Waals surface area contributed by atoms with Gasteiger partial charge in [-0.1, -0.05) is 19.1 Å². The molecule has 0 saturated heterocycles. The highest BCUT2D eigenvalue weighted by molar-refractivity contribution is 7.89. The summed E-state index contributed by atoms with van der Waals surface area (Å²) in [5, 5.41) is 2.73. The third-order valence-corrected chi connectivity index (χ3v) is 5.85. The Labute approximate surface area is 161 Å². The number of sulfonamides is 1. The highest BCUT2D eigenvalue weighted by atomic mass is 32.2. The third-order valence-electron chi connectivity index (χ3n) is 4.23. The molecule has 0 aliphatic heterocycles. The van der Waals surface area contributed by atoms with Crippen LogP contribution in [0.15, 0.2) is 47.4 Å². The molecule has 0 heterocycles. The smallest absolute Gasteiger partial charge is 0.240 e. The van der Waals surface area contributed by atoms with E-state index in [2.05, 4.69) is 10.0 Å². The van der Waals surface area contributed by atoms with Gasteiger partial charge in [-0.15, -0.1) is 0 Å². The van der Waals surface area contributed by atoms with E-state index in [0.717, 1.165) is 11.3 Å². The number of carbonyl (C=O) groups excluding carboxylic acids is 1. The van der Waals surface area contributed by atoms with Crippen molar-refractivity contribution < 1.29 is 13.2 Å². The molecule has 0 fully saturated rings. The second-order valence-electron chi connectivity index (χ2n) is 6.59. The second kappa shape index (κ2) is 9.01. The predicted molar refractivity (Wildman–Crippen MR) is 110 cm³/mol. The number of amides is 1. The van der Waals surface area contributed by atoms with Crippen LogP contribution in [0.5, 0.6) is 0 Å². The predicted octanol–water partition coefficient (Wildman–Crippen LogP) is 2.93. The van der Waals surface area contributed by atoms with Crippen molar-refractivity contribution in [1.82, 2.24) is 4.72 Å². The van der Waals surface area contributed by atoms with Gasteiger partial charge in [0.15, 0.2) is 0 Å². The van der Waals surface area contributed by atoms with Gasteiger partial charge in [0.1, 0.15) is 0 Å². The first-order valence-corrected chi connectivity index (χ1v) is 10.4. The maximum Gasteiger partial charge on any atom is 0.240 e. The molecule has 2 aromatic rings. The molecule has 2 rings (SSSR count). The standard InChI is InChI=1S/C20H27N3O3S/c1-5-20(24)22-17-8-11-19(15(2)14-17)27(25,26)21-13-12-16-6-9-18(10-7-16)23(3)4/h6-11,14,21H,5,12-13H2,1-4H3,(H,22,24). The monoisotopic (exact) mass is 389 g/mol. The summed E-state index contributed by atoms with van der Waals surface area (Å²) in [4.78, 5) is 13.7. The Morgan fingerprint density at radius 3 is 2.30 bits per heavy atom. The highest BCUT2D eigenvalue weighted by Gasteiger charge is 2.16. The molecule has 146 valence electrons. The zero-order valence-electron chi connectivity index (χ0n) is 16.2. The van der Waals surface area contributed by atoms with Crippen molar-refractivity contribution in [2.75, 3.05) is 30.9 Å². The number of nitrogens with zero attached hydrogens (tertiary/aromatic N) is 1. The fourth-order valence-corrected chi connectivity index (χ4v) is 3.90. The van der Waals surface area contributed by atoms with Crippen LogP contribution in [-0.4, -0.2) is 35.0 Å². The van der Waals surface area contributed by atoms with Gasteiger partial charge in [-0.2, -0.15) is 0 Å². The summed E-state index contributed by atoms with van der Waals surface area (Å²) in [6.45, 7) is 3.80.